The Morgan fingerprint density at radius 3 is 2.10 bits per heavy atom. The zero-order chi connectivity index (χ0) is 7.66. The van der Waals surface area contributed by atoms with Gasteiger partial charge in [-0.1, -0.05) is 24.3 Å². The first-order valence-electron chi connectivity index (χ1n) is 3.47. The van der Waals surface area contributed by atoms with Gasteiger partial charge in [-0.05, 0) is 25.8 Å². The molecule has 0 aromatic rings. The van der Waals surface area contributed by atoms with Crippen molar-refractivity contribution in [3.05, 3.63) is 36.6 Å². The van der Waals surface area contributed by atoms with Crippen molar-refractivity contribution in [2.24, 2.45) is 0 Å². The van der Waals surface area contributed by atoms with Crippen LogP contribution in [0.15, 0.2) is 36.6 Å². The molecule has 10 heavy (non-hydrogen) atoms. The average Bonchev–Trinajstić information content (AvgIpc) is 1.97. The van der Waals surface area contributed by atoms with Crippen LogP contribution in [0.5, 0.6) is 0 Å². The van der Waals surface area contributed by atoms with Crippen molar-refractivity contribution in [1.82, 2.24) is 0 Å². The van der Waals surface area contributed by atoms with Gasteiger partial charge in [-0.25, -0.2) is 0 Å². The Hall–Kier alpha value is -0.980. The summed E-state index contributed by atoms with van der Waals surface area (Å²) in [7, 11) is 0. The highest BCUT2D eigenvalue weighted by Crippen LogP contribution is 1.89. The second kappa shape index (κ2) is 8.02. The lowest BCUT2D eigenvalue weighted by atomic mass is 10.3. The average molecular weight is 138 g/mol. The van der Waals surface area contributed by atoms with E-state index in [1.165, 1.54) is 0 Å². The second-order valence-corrected chi connectivity index (χ2v) is 1.90. The van der Waals surface area contributed by atoms with Crippen molar-refractivity contribution >= 4 is 0 Å². The molecule has 0 radical (unpaired) electrons. The summed E-state index contributed by atoms with van der Waals surface area (Å²) >= 11 is 0. The molecule has 0 aliphatic rings. The number of aliphatic hydroxyl groups excluding tert-OH is 1. The highest BCUT2D eigenvalue weighted by atomic mass is 16.2. The van der Waals surface area contributed by atoms with Gasteiger partial charge in [0.25, 0.3) is 0 Å². The zero-order valence-electron chi connectivity index (χ0n) is 6.33. The molecule has 0 amide bonds. The Balaban J connectivity index is 3.20. The van der Waals surface area contributed by atoms with Crippen molar-refractivity contribution in [1.29, 1.82) is 0 Å². The Labute approximate surface area is 62.4 Å². The van der Waals surface area contributed by atoms with E-state index in [1.54, 1.807) is 6.08 Å². The van der Waals surface area contributed by atoms with Gasteiger partial charge in [0.05, 0.1) is 6.26 Å². The van der Waals surface area contributed by atoms with Gasteiger partial charge in [0.2, 0.25) is 0 Å². The maximum Gasteiger partial charge on any atom is 0.0754 e. The van der Waals surface area contributed by atoms with Crippen LogP contribution in [0, 0.1) is 0 Å². The molecule has 0 aromatic heterocycles. The van der Waals surface area contributed by atoms with Crippen LogP contribution in [0.4, 0.5) is 0 Å². The first-order chi connectivity index (χ1) is 4.91. The molecule has 0 aliphatic heterocycles. The van der Waals surface area contributed by atoms with Gasteiger partial charge in [0.15, 0.2) is 0 Å². The molecule has 0 bridgehead atoms. The molecule has 0 aromatic carbocycles. The molecule has 0 atom stereocenters. The predicted molar refractivity (Wildman–Crippen MR) is 45.0 cm³/mol. The van der Waals surface area contributed by atoms with Crippen LogP contribution in [-0.4, -0.2) is 5.11 Å². The SMILES string of the molecule is C/C=C/C/C=C/C/C=C/O. The van der Waals surface area contributed by atoms with Crippen LogP contribution in [0.1, 0.15) is 19.8 Å². The topological polar surface area (TPSA) is 20.2 Å². The van der Waals surface area contributed by atoms with Crippen molar-refractivity contribution in [2.75, 3.05) is 0 Å². The van der Waals surface area contributed by atoms with E-state index in [1.807, 2.05) is 19.1 Å². The first-order valence-corrected chi connectivity index (χ1v) is 3.47. The van der Waals surface area contributed by atoms with E-state index < -0.39 is 0 Å². The number of allylic oxidation sites excluding steroid dienone is 5. The lowest BCUT2D eigenvalue weighted by Crippen LogP contribution is -1.59. The van der Waals surface area contributed by atoms with E-state index in [2.05, 4.69) is 12.2 Å². The first kappa shape index (κ1) is 9.02. The quantitative estimate of drug-likeness (QED) is 0.467. The number of hydrogen-bond acceptors (Lipinski definition) is 1. The monoisotopic (exact) mass is 138 g/mol. The summed E-state index contributed by atoms with van der Waals surface area (Å²) in [5, 5.41) is 8.24. The Kier molecular flexibility index (Phi) is 7.23. The van der Waals surface area contributed by atoms with Gasteiger partial charge in [-0.15, -0.1) is 0 Å². The predicted octanol–water partition coefficient (Wildman–Crippen LogP) is 2.97. The summed E-state index contributed by atoms with van der Waals surface area (Å²) in [5.74, 6) is 0. The molecule has 0 aliphatic carbocycles. The van der Waals surface area contributed by atoms with Gasteiger partial charge in [0.1, 0.15) is 0 Å². The van der Waals surface area contributed by atoms with Gasteiger partial charge in [-0.3, -0.25) is 0 Å². The molecule has 0 unspecified atom stereocenters. The van der Waals surface area contributed by atoms with Crippen LogP contribution in [0.25, 0.3) is 0 Å². The smallest absolute Gasteiger partial charge is 0.0754 e. The van der Waals surface area contributed by atoms with Gasteiger partial charge in [-0.2, -0.15) is 0 Å². The van der Waals surface area contributed by atoms with Crippen LogP contribution in [0.2, 0.25) is 0 Å². The standard InChI is InChI=1S/C9H14O/c1-2-3-4-5-6-7-8-9-10/h2-3,5-6,8-10H,4,7H2,1H3/b3-2+,6-5+,9-8+. The Morgan fingerprint density at radius 1 is 1.00 bits per heavy atom. The molecule has 0 spiro atoms. The molecule has 0 rings (SSSR count). The Morgan fingerprint density at radius 2 is 1.60 bits per heavy atom. The third kappa shape index (κ3) is 7.02. The minimum Gasteiger partial charge on any atom is -0.516 e. The molecule has 56 valence electrons. The molecule has 1 heteroatoms. The maximum atomic E-state index is 8.24. The molecular weight excluding hydrogens is 124 g/mol. The number of hydrogen-bond donors (Lipinski definition) is 1. The minimum absolute atomic E-state index is 0.814. The van der Waals surface area contributed by atoms with Crippen molar-refractivity contribution in [2.45, 2.75) is 19.8 Å². The van der Waals surface area contributed by atoms with Gasteiger partial charge < -0.3 is 5.11 Å². The van der Waals surface area contributed by atoms with E-state index in [0.717, 1.165) is 19.1 Å². The molecule has 0 saturated carbocycles. The number of rotatable bonds is 4. The van der Waals surface area contributed by atoms with Crippen LogP contribution < -0.4 is 0 Å². The number of aliphatic hydroxyl groups is 1. The lowest BCUT2D eigenvalue weighted by Gasteiger charge is -1.79. The van der Waals surface area contributed by atoms with Crippen molar-refractivity contribution in [3.63, 3.8) is 0 Å². The molecule has 1 N–H and O–H groups in total. The van der Waals surface area contributed by atoms with Crippen molar-refractivity contribution < 1.29 is 5.11 Å². The van der Waals surface area contributed by atoms with Crippen LogP contribution in [0.3, 0.4) is 0 Å². The highest BCUT2D eigenvalue weighted by Gasteiger charge is 1.69. The van der Waals surface area contributed by atoms with E-state index in [9.17, 15) is 0 Å². The Bertz CT molecular complexity index is 116. The molecule has 0 saturated heterocycles. The lowest BCUT2D eigenvalue weighted by molar-refractivity contribution is 0.471. The van der Waals surface area contributed by atoms with E-state index in [-0.39, 0.29) is 0 Å². The summed E-state index contributed by atoms with van der Waals surface area (Å²) in [6, 6.07) is 0. The van der Waals surface area contributed by atoms with E-state index >= 15 is 0 Å². The zero-order valence-corrected chi connectivity index (χ0v) is 6.33. The summed E-state index contributed by atoms with van der Waals surface area (Å²) in [6.07, 6.45) is 12.8. The summed E-state index contributed by atoms with van der Waals surface area (Å²) in [6.45, 7) is 2.00. The summed E-state index contributed by atoms with van der Waals surface area (Å²) < 4.78 is 0. The normalized spacial score (nSPS) is 12.5. The third-order valence-electron chi connectivity index (χ3n) is 1.05. The third-order valence-corrected chi connectivity index (χ3v) is 1.05. The maximum absolute atomic E-state index is 8.24. The summed E-state index contributed by atoms with van der Waals surface area (Å²) in [4.78, 5) is 0. The van der Waals surface area contributed by atoms with E-state index in [4.69, 9.17) is 5.11 Å². The summed E-state index contributed by atoms with van der Waals surface area (Å²) in [5.41, 5.74) is 0. The fourth-order valence-electron chi connectivity index (χ4n) is 0.547. The fourth-order valence-corrected chi connectivity index (χ4v) is 0.547. The molecular formula is C9H14O. The van der Waals surface area contributed by atoms with Crippen LogP contribution >= 0.6 is 0 Å². The van der Waals surface area contributed by atoms with Crippen LogP contribution in [-0.2, 0) is 0 Å². The highest BCUT2D eigenvalue weighted by molar-refractivity contribution is 4.94. The molecule has 0 fully saturated rings. The minimum atomic E-state index is 0.814. The van der Waals surface area contributed by atoms with E-state index in [0.29, 0.717) is 0 Å². The van der Waals surface area contributed by atoms with Crippen molar-refractivity contribution in [3.8, 4) is 0 Å². The van der Waals surface area contributed by atoms with Gasteiger partial charge in [0, 0.05) is 0 Å². The largest absolute Gasteiger partial charge is 0.516 e. The van der Waals surface area contributed by atoms with Gasteiger partial charge >= 0.3 is 0 Å². The molecule has 1 nitrogen and oxygen atoms in total. The second-order valence-electron chi connectivity index (χ2n) is 1.90. The fraction of sp³-hybridized carbons (Fsp3) is 0.333. The molecule has 0 heterocycles.